The topological polar surface area (TPSA) is 67.9 Å². The molecule has 0 saturated heterocycles. The van der Waals surface area contributed by atoms with Crippen LogP contribution >= 0.6 is 0 Å². The number of benzene rings is 3. The van der Waals surface area contributed by atoms with Crippen molar-refractivity contribution >= 4 is 23.1 Å². The third-order valence-corrected chi connectivity index (χ3v) is 6.92. The largest absolute Gasteiger partial charge is 0.497 e. The third-order valence-electron chi connectivity index (χ3n) is 6.92. The van der Waals surface area contributed by atoms with Crippen LogP contribution in [0.15, 0.2) is 84.1 Å². The Balaban J connectivity index is 1.67. The summed E-state index contributed by atoms with van der Waals surface area (Å²) in [6.07, 6.45) is 0.983. The van der Waals surface area contributed by atoms with Gasteiger partial charge < -0.3 is 14.8 Å². The van der Waals surface area contributed by atoms with Crippen LogP contribution in [0.2, 0.25) is 0 Å². The van der Waals surface area contributed by atoms with Crippen LogP contribution in [0.3, 0.4) is 0 Å². The average Bonchev–Trinajstić information content (AvgIpc) is 3.04. The predicted molar refractivity (Wildman–Crippen MR) is 141 cm³/mol. The van der Waals surface area contributed by atoms with Crippen molar-refractivity contribution in [3.05, 3.63) is 95.2 Å². The SMILES string of the molecule is CCOc1ccccc1C1CC(=O)C2=C(C1)Nc1ccccc1N(C(C)=O)C2c1ccc(OC)cc1. The molecule has 3 aromatic carbocycles. The lowest BCUT2D eigenvalue weighted by molar-refractivity contribution is -0.117. The van der Waals surface area contributed by atoms with Gasteiger partial charge in [0.25, 0.3) is 0 Å². The molecule has 1 aliphatic carbocycles. The van der Waals surface area contributed by atoms with Crippen LogP contribution in [0, 0.1) is 0 Å². The molecule has 1 aliphatic heterocycles. The molecule has 1 amide bonds. The minimum absolute atomic E-state index is 0.0277. The van der Waals surface area contributed by atoms with Gasteiger partial charge in [0, 0.05) is 30.5 Å². The number of ketones is 1. The molecule has 0 fully saturated rings. The molecular formula is C30H30N2O4. The van der Waals surface area contributed by atoms with Gasteiger partial charge in [-0.15, -0.1) is 0 Å². The first kappa shape index (κ1) is 23.7. The van der Waals surface area contributed by atoms with E-state index in [0.717, 1.165) is 39.7 Å². The van der Waals surface area contributed by atoms with Crippen molar-refractivity contribution in [1.82, 2.24) is 0 Å². The number of para-hydroxylation sites is 3. The molecule has 6 nitrogen and oxygen atoms in total. The summed E-state index contributed by atoms with van der Waals surface area (Å²) < 4.78 is 11.2. The third kappa shape index (κ3) is 4.24. The van der Waals surface area contributed by atoms with Crippen molar-refractivity contribution in [3.8, 4) is 11.5 Å². The molecule has 0 saturated carbocycles. The Bertz CT molecular complexity index is 1330. The molecule has 2 aliphatic rings. The Morgan fingerprint density at radius 1 is 1.00 bits per heavy atom. The van der Waals surface area contributed by atoms with E-state index in [9.17, 15) is 9.59 Å². The predicted octanol–water partition coefficient (Wildman–Crippen LogP) is 6.01. The van der Waals surface area contributed by atoms with Gasteiger partial charge in [-0.25, -0.2) is 0 Å². The number of hydrogen-bond acceptors (Lipinski definition) is 5. The fraction of sp³-hybridized carbons (Fsp3) is 0.267. The van der Waals surface area contributed by atoms with Crippen molar-refractivity contribution in [2.75, 3.05) is 23.9 Å². The van der Waals surface area contributed by atoms with Crippen molar-refractivity contribution in [2.45, 2.75) is 38.6 Å². The van der Waals surface area contributed by atoms with E-state index in [4.69, 9.17) is 9.47 Å². The fourth-order valence-corrected chi connectivity index (χ4v) is 5.36. The number of amides is 1. The molecule has 1 heterocycles. The van der Waals surface area contributed by atoms with Crippen molar-refractivity contribution < 1.29 is 19.1 Å². The lowest BCUT2D eigenvalue weighted by atomic mass is 9.78. The maximum atomic E-state index is 14.0. The van der Waals surface area contributed by atoms with Crippen LogP contribution in [-0.2, 0) is 9.59 Å². The number of nitrogens with one attached hydrogen (secondary N) is 1. The maximum absolute atomic E-state index is 14.0. The highest BCUT2D eigenvalue weighted by Gasteiger charge is 2.41. The van der Waals surface area contributed by atoms with Crippen LogP contribution in [0.4, 0.5) is 11.4 Å². The van der Waals surface area contributed by atoms with Gasteiger partial charge in [0.15, 0.2) is 5.78 Å². The van der Waals surface area contributed by atoms with Crippen LogP contribution in [0.5, 0.6) is 11.5 Å². The number of carbonyl (C=O) groups is 2. The second kappa shape index (κ2) is 9.90. The molecule has 36 heavy (non-hydrogen) atoms. The number of methoxy groups -OCH3 is 1. The van der Waals surface area contributed by atoms with Crippen LogP contribution in [0.25, 0.3) is 0 Å². The van der Waals surface area contributed by atoms with Gasteiger partial charge in [0.2, 0.25) is 5.91 Å². The monoisotopic (exact) mass is 482 g/mol. The van der Waals surface area contributed by atoms with E-state index in [2.05, 4.69) is 5.32 Å². The van der Waals surface area contributed by atoms with E-state index in [-0.39, 0.29) is 17.6 Å². The molecule has 5 rings (SSSR count). The zero-order valence-corrected chi connectivity index (χ0v) is 20.8. The first-order chi connectivity index (χ1) is 17.5. The van der Waals surface area contributed by atoms with Crippen LogP contribution < -0.4 is 19.7 Å². The normalized spacial score (nSPS) is 19.1. The Kier molecular flexibility index (Phi) is 6.51. The number of carbonyl (C=O) groups excluding carboxylic acids is 2. The molecule has 1 N–H and O–H groups in total. The van der Waals surface area contributed by atoms with Gasteiger partial charge in [-0.2, -0.15) is 0 Å². The summed E-state index contributed by atoms with van der Waals surface area (Å²) in [6, 6.07) is 22.7. The smallest absolute Gasteiger partial charge is 0.224 e. The molecule has 184 valence electrons. The number of hydrogen-bond donors (Lipinski definition) is 1. The van der Waals surface area contributed by atoms with Gasteiger partial charge >= 0.3 is 0 Å². The minimum Gasteiger partial charge on any atom is -0.497 e. The Hall–Kier alpha value is -4.06. The van der Waals surface area contributed by atoms with E-state index in [1.54, 1.807) is 18.9 Å². The van der Waals surface area contributed by atoms with Gasteiger partial charge in [0.1, 0.15) is 11.5 Å². The molecule has 0 spiro atoms. The number of rotatable bonds is 5. The van der Waals surface area contributed by atoms with E-state index < -0.39 is 6.04 Å². The molecule has 0 radical (unpaired) electrons. The van der Waals surface area contributed by atoms with Crippen molar-refractivity contribution in [2.24, 2.45) is 0 Å². The molecular weight excluding hydrogens is 452 g/mol. The number of ether oxygens (including phenoxy) is 2. The van der Waals surface area contributed by atoms with E-state index in [1.807, 2.05) is 79.7 Å². The second-order valence-corrected chi connectivity index (χ2v) is 9.10. The lowest BCUT2D eigenvalue weighted by Gasteiger charge is -2.34. The lowest BCUT2D eigenvalue weighted by Crippen LogP contribution is -2.37. The molecule has 2 unspecified atom stereocenters. The number of allylic oxidation sites excluding steroid dienone is 1. The van der Waals surface area contributed by atoms with E-state index in [0.29, 0.717) is 25.0 Å². The van der Waals surface area contributed by atoms with Gasteiger partial charge in [-0.05, 0) is 54.8 Å². The fourth-order valence-electron chi connectivity index (χ4n) is 5.36. The maximum Gasteiger partial charge on any atom is 0.224 e. The summed E-state index contributed by atoms with van der Waals surface area (Å²) in [5.41, 5.74) is 4.93. The highest BCUT2D eigenvalue weighted by molar-refractivity contribution is 6.06. The van der Waals surface area contributed by atoms with Gasteiger partial charge in [-0.3, -0.25) is 14.5 Å². The Labute approximate surface area is 211 Å². The highest BCUT2D eigenvalue weighted by atomic mass is 16.5. The molecule has 2 atom stereocenters. The number of fused-ring (bicyclic) bond motifs is 1. The van der Waals surface area contributed by atoms with Crippen LogP contribution in [0.1, 0.15) is 49.8 Å². The summed E-state index contributed by atoms with van der Waals surface area (Å²) in [4.78, 5) is 28.8. The van der Waals surface area contributed by atoms with Gasteiger partial charge in [-0.1, -0.05) is 42.5 Å². The minimum atomic E-state index is -0.546. The van der Waals surface area contributed by atoms with E-state index >= 15 is 0 Å². The molecule has 0 aromatic heterocycles. The summed E-state index contributed by atoms with van der Waals surface area (Å²) in [5.74, 6) is 1.40. The first-order valence-corrected chi connectivity index (χ1v) is 12.3. The summed E-state index contributed by atoms with van der Waals surface area (Å²) in [5, 5.41) is 3.55. The number of Topliss-reactive ketones (excluding diaryl/α,β-unsaturated/α-hetero) is 1. The summed E-state index contributed by atoms with van der Waals surface area (Å²) >= 11 is 0. The first-order valence-electron chi connectivity index (χ1n) is 12.3. The highest BCUT2D eigenvalue weighted by Crippen LogP contribution is 2.48. The summed E-state index contributed by atoms with van der Waals surface area (Å²) in [7, 11) is 1.62. The zero-order valence-electron chi connectivity index (χ0n) is 20.8. The Morgan fingerprint density at radius 2 is 1.72 bits per heavy atom. The summed E-state index contributed by atoms with van der Waals surface area (Å²) in [6.45, 7) is 4.07. The van der Waals surface area contributed by atoms with Crippen molar-refractivity contribution in [1.29, 1.82) is 0 Å². The Morgan fingerprint density at radius 3 is 2.44 bits per heavy atom. The number of nitrogens with zero attached hydrogens (tertiary/aromatic N) is 1. The molecule has 6 heteroatoms. The molecule has 0 bridgehead atoms. The quantitative estimate of drug-likeness (QED) is 0.482. The van der Waals surface area contributed by atoms with Crippen molar-refractivity contribution in [3.63, 3.8) is 0 Å². The standard InChI is InChI=1S/C30H30N2O4/c1-4-36-28-12-8-5-9-23(28)21-17-25-29(27(34)18-21)30(20-13-15-22(35-3)16-14-20)32(19(2)33)26-11-7-6-10-24(26)31-25/h5-16,21,30-31H,4,17-18H2,1-3H3. The second-order valence-electron chi connectivity index (χ2n) is 9.10. The van der Waals surface area contributed by atoms with E-state index in [1.165, 1.54) is 0 Å². The number of anilines is 2. The molecule has 3 aromatic rings. The average molecular weight is 483 g/mol. The zero-order chi connectivity index (χ0) is 25.2. The van der Waals surface area contributed by atoms with Gasteiger partial charge in [0.05, 0.1) is 31.1 Å². The van der Waals surface area contributed by atoms with Crippen LogP contribution in [-0.4, -0.2) is 25.4 Å².